The van der Waals surface area contributed by atoms with E-state index in [1.165, 1.54) is 12.1 Å². The second-order valence-corrected chi connectivity index (χ2v) is 5.27. The highest BCUT2D eigenvalue weighted by atomic mass is 19.4. The second kappa shape index (κ2) is 5.18. The smallest absolute Gasteiger partial charge is 0.396 e. The fourth-order valence-electron chi connectivity index (χ4n) is 2.71. The summed E-state index contributed by atoms with van der Waals surface area (Å²) < 4.78 is 39.7. The summed E-state index contributed by atoms with van der Waals surface area (Å²) in [7, 11) is 0. The minimum absolute atomic E-state index is 0.0157. The predicted octanol–water partition coefficient (Wildman–Crippen LogP) is 3.44. The van der Waals surface area contributed by atoms with Gasteiger partial charge in [-0.2, -0.15) is 13.2 Å². The van der Waals surface area contributed by atoms with Crippen LogP contribution in [0.15, 0.2) is 30.5 Å². The van der Waals surface area contributed by atoms with E-state index in [1.54, 1.807) is 0 Å². The van der Waals surface area contributed by atoms with Gasteiger partial charge in [-0.3, -0.25) is 0 Å². The van der Waals surface area contributed by atoms with Crippen molar-refractivity contribution in [3.63, 3.8) is 0 Å². The van der Waals surface area contributed by atoms with Crippen molar-refractivity contribution in [2.75, 3.05) is 6.61 Å². The van der Waals surface area contributed by atoms with Crippen LogP contribution in [0.5, 0.6) is 0 Å². The molecule has 0 fully saturated rings. The van der Waals surface area contributed by atoms with Gasteiger partial charge in [0, 0.05) is 24.2 Å². The number of aromatic nitrogens is 2. The molecule has 1 aliphatic rings. The molecule has 112 valence electrons. The first-order valence-electron chi connectivity index (χ1n) is 6.84. The van der Waals surface area contributed by atoms with E-state index in [1.807, 2.05) is 10.8 Å². The summed E-state index contributed by atoms with van der Waals surface area (Å²) in [6.07, 6.45) is -0.616. The molecule has 3 nitrogen and oxygen atoms in total. The highest BCUT2D eigenvalue weighted by molar-refractivity contribution is 5.59. The third-order valence-corrected chi connectivity index (χ3v) is 3.85. The molecule has 0 saturated carbocycles. The Morgan fingerprint density at radius 3 is 2.57 bits per heavy atom. The molecular weight excluding hydrogens is 281 g/mol. The molecule has 2 aromatic rings. The minimum atomic E-state index is -4.33. The first kappa shape index (κ1) is 14.1. The monoisotopic (exact) mass is 296 g/mol. The van der Waals surface area contributed by atoms with Gasteiger partial charge in [0.05, 0.1) is 17.9 Å². The van der Waals surface area contributed by atoms with Gasteiger partial charge in [-0.25, -0.2) is 4.98 Å². The second-order valence-electron chi connectivity index (χ2n) is 5.27. The standard InChI is InChI=1S/C15H15F3N2O/c16-15(17,18)12-5-3-10(4-6-12)13-8-20-7-1-2-11(9-21)14(20)19-13/h3-6,8,11,21H,1-2,7,9H2. The summed E-state index contributed by atoms with van der Waals surface area (Å²) in [6, 6.07) is 5.00. The zero-order valence-corrected chi connectivity index (χ0v) is 11.3. The highest BCUT2D eigenvalue weighted by Gasteiger charge is 2.30. The number of halogens is 3. The SMILES string of the molecule is OCC1CCCn2cc(-c3ccc(C(F)(F)F)cc3)nc21. The molecule has 0 radical (unpaired) electrons. The van der Waals surface area contributed by atoms with Crippen LogP contribution in [0.1, 0.15) is 30.1 Å². The number of aliphatic hydroxyl groups excluding tert-OH is 1. The average Bonchev–Trinajstić information content (AvgIpc) is 2.90. The van der Waals surface area contributed by atoms with Crippen LogP contribution < -0.4 is 0 Å². The summed E-state index contributed by atoms with van der Waals surface area (Å²) in [6.45, 7) is 0.878. The molecule has 1 aromatic carbocycles. The van der Waals surface area contributed by atoms with Crippen molar-refractivity contribution in [1.29, 1.82) is 0 Å². The van der Waals surface area contributed by atoms with Crippen LogP contribution in [-0.2, 0) is 12.7 Å². The molecule has 3 rings (SSSR count). The van der Waals surface area contributed by atoms with Crippen molar-refractivity contribution in [2.24, 2.45) is 0 Å². The van der Waals surface area contributed by atoms with E-state index in [0.717, 1.165) is 37.3 Å². The number of alkyl halides is 3. The third-order valence-electron chi connectivity index (χ3n) is 3.85. The lowest BCUT2D eigenvalue weighted by Gasteiger charge is -2.21. The summed E-state index contributed by atoms with van der Waals surface area (Å²) in [4.78, 5) is 4.49. The van der Waals surface area contributed by atoms with E-state index < -0.39 is 11.7 Å². The first-order chi connectivity index (χ1) is 9.99. The van der Waals surface area contributed by atoms with Gasteiger partial charge >= 0.3 is 6.18 Å². The van der Waals surface area contributed by atoms with Crippen LogP contribution in [0.4, 0.5) is 13.2 Å². The van der Waals surface area contributed by atoms with Crippen molar-refractivity contribution >= 4 is 0 Å². The Hall–Kier alpha value is -1.82. The van der Waals surface area contributed by atoms with Crippen LogP contribution >= 0.6 is 0 Å². The largest absolute Gasteiger partial charge is 0.416 e. The molecule has 6 heteroatoms. The Morgan fingerprint density at radius 2 is 1.95 bits per heavy atom. The molecule has 1 atom stereocenters. The van der Waals surface area contributed by atoms with Gasteiger partial charge < -0.3 is 9.67 Å². The molecule has 1 unspecified atom stereocenters. The Balaban J connectivity index is 1.93. The molecule has 0 saturated heterocycles. The first-order valence-corrected chi connectivity index (χ1v) is 6.84. The molecule has 1 aliphatic heterocycles. The lowest BCUT2D eigenvalue weighted by atomic mass is 10.0. The summed E-state index contributed by atoms with van der Waals surface area (Å²) in [5.74, 6) is 0.834. The van der Waals surface area contributed by atoms with Crippen LogP contribution in [0.25, 0.3) is 11.3 Å². The van der Waals surface area contributed by atoms with Crippen molar-refractivity contribution < 1.29 is 18.3 Å². The van der Waals surface area contributed by atoms with E-state index in [9.17, 15) is 18.3 Å². The molecule has 0 amide bonds. The molecule has 1 aromatic heterocycles. The molecule has 1 N–H and O–H groups in total. The van der Waals surface area contributed by atoms with E-state index in [0.29, 0.717) is 11.3 Å². The molecule has 0 spiro atoms. The number of fused-ring (bicyclic) bond motifs is 1. The quantitative estimate of drug-likeness (QED) is 0.922. The Kier molecular flexibility index (Phi) is 3.49. The van der Waals surface area contributed by atoms with E-state index in [4.69, 9.17) is 0 Å². The van der Waals surface area contributed by atoms with E-state index in [2.05, 4.69) is 4.98 Å². The van der Waals surface area contributed by atoms with Gasteiger partial charge in [0.15, 0.2) is 0 Å². The number of hydrogen-bond acceptors (Lipinski definition) is 2. The molecule has 2 heterocycles. The zero-order valence-electron chi connectivity index (χ0n) is 11.3. The maximum Gasteiger partial charge on any atom is 0.416 e. The number of imidazole rings is 1. The van der Waals surface area contributed by atoms with Gasteiger partial charge in [0.1, 0.15) is 5.82 Å². The fourth-order valence-corrected chi connectivity index (χ4v) is 2.71. The van der Waals surface area contributed by atoms with Crippen molar-refractivity contribution in [2.45, 2.75) is 31.5 Å². The topological polar surface area (TPSA) is 38.0 Å². The molecular formula is C15H15F3N2O. The molecule has 21 heavy (non-hydrogen) atoms. The summed E-state index contributed by atoms with van der Waals surface area (Å²) >= 11 is 0. The van der Waals surface area contributed by atoms with Crippen LogP contribution in [-0.4, -0.2) is 21.3 Å². The number of hydrogen-bond donors (Lipinski definition) is 1. The number of aliphatic hydroxyl groups is 1. The van der Waals surface area contributed by atoms with Gasteiger partial charge in [0.25, 0.3) is 0 Å². The minimum Gasteiger partial charge on any atom is -0.396 e. The Bertz CT molecular complexity index is 631. The predicted molar refractivity (Wildman–Crippen MR) is 71.7 cm³/mol. The fraction of sp³-hybridized carbons (Fsp3) is 0.400. The van der Waals surface area contributed by atoms with Crippen molar-refractivity contribution in [3.8, 4) is 11.3 Å². The summed E-state index contributed by atoms with van der Waals surface area (Å²) in [5, 5.41) is 9.37. The Labute approximate surface area is 120 Å². The van der Waals surface area contributed by atoms with Crippen LogP contribution in [0.3, 0.4) is 0 Å². The third kappa shape index (κ3) is 2.68. The van der Waals surface area contributed by atoms with Crippen molar-refractivity contribution in [1.82, 2.24) is 9.55 Å². The normalized spacial score (nSPS) is 18.6. The van der Waals surface area contributed by atoms with Gasteiger partial charge in [0.2, 0.25) is 0 Å². The van der Waals surface area contributed by atoms with E-state index in [-0.39, 0.29) is 12.5 Å². The number of aryl methyl sites for hydroxylation is 1. The van der Waals surface area contributed by atoms with Crippen LogP contribution in [0, 0.1) is 0 Å². The number of nitrogens with zero attached hydrogens (tertiary/aromatic N) is 2. The number of rotatable bonds is 2. The highest BCUT2D eigenvalue weighted by Crippen LogP contribution is 2.32. The summed E-state index contributed by atoms with van der Waals surface area (Å²) in [5.41, 5.74) is 0.643. The van der Waals surface area contributed by atoms with Gasteiger partial charge in [-0.05, 0) is 25.0 Å². The molecule has 0 bridgehead atoms. The van der Waals surface area contributed by atoms with Crippen LogP contribution in [0.2, 0.25) is 0 Å². The average molecular weight is 296 g/mol. The zero-order chi connectivity index (χ0) is 15.0. The van der Waals surface area contributed by atoms with Crippen molar-refractivity contribution in [3.05, 3.63) is 41.9 Å². The Morgan fingerprint density at radius 1 is 1.24 bits per heavy atom. The van der Waals surface area contributed by atoms with Gasteiger partial charge in [-0.15, -0.1) is 0 Å². The van der Waals surface area contributed by atoms with E-state index >= 15 is 0 Å². The maximum absolute atomic E-state index is 12.6. The van der Waals surface area contributed by atoms with Gasteiger partial charge in [-0.1, -0.05) is 12.1 Å². The lowest BCUT2D eigenvalue weighted by Crippen LogP contribution is -2.18. The molecule has 0 aliphatic carbocycles. The number of benzene rings is 1. The lowest BCUT2D eigenvalue weighted by molar-refractivity contribution is -0.137. The maximum atomic E-state index is 12.6.